The average molecular weight is 297 g/mol. The molecule has 1 unspecified atom stereocenters. The molecule has 0 heterocycles. The highest BCUT2D eigenvalue weighted by Crippen LogP contribution is 2.35. The Hall–Kier alpha value is -0.560. The fourth-order valence-electron chi connectivity index (χ4n) is 0.876. The predicted octanol–water partition coefficient (Wildman–Crippen LogP) is 0.560. The van der Waals surface area contributed by atoms with Crippen molar-refractivity contribution in [3.63, 3.8) is 0 Å². The van der Waals surface area contributed by atoms with Gasteiger partial charge in [0.1, 0.15) is 6.10 Å². The van der Waals surface area contributed by atoms with Crippen molar-refractivity contribution in [2.75, 3.05) is 27.7 Å². The Kier molecular flexibility index (Phi) is 11.2. The van der Waals surface area contributed by atoms with Crippen LogP contribution in [0.25, 0.3) is 0 Å². The van der Waals surface area contributed by atoms with Gasteiger partial charge < -0.3 is 19.8 Å². The van der Waals surface area contributed by atoms with Crippen LogP contribution in [0.15, 0.2) is 12.2 Å². The van der Waals surface area contributed by atoms with Gasteiger partial charge in [-0.15, -0.1) is 0 Å². The van der Waals surface area contributed by atoms with Crippen molar-refractivity contribution in [3.8, 4) is 0 Å². The van der Waals surface area contributed by atoms with Crippen LogP contribution in [0.3, 0.4) is 0 Å². The lowest BCUT2D eigenvalue weighted by molar-refractivity contribution is -0.123. The Bertz CT molecular complexity index is 322. The number of phosphoric acid groups is 1. The van der Waals surface area contributed by atoms with Gasteiger partial charge in [0.15, 0.2) is 5.78 Å². The van der Waals surface area contributed by atoms with Gasteiger partial charge in [0.2, 0.25) is 0 Å². The molecule has 0 aromatic carbocycles. The van der Waals surface area contributed by atoms with E-state index in [9.17, 15) is 14.5 Å². The number of aliphatic hydroxyl groups is 1. The van der Waals surface area contributed by atoms with Crippen molar-refractivity contribution in [1.82, 2.24) is 4.90 Å². The fraction of sp³-hybridized carbons (Fsp3) is 0.727. The van der Waals surface area contributed by atoms with Crippen molar-refractivity contribution in [1.29, 1.82) is 0 Å². The Morgan fingerprint density at radius 1 is 1.37 bits per heavy atom. The second-order valence-electron chi connectivity index (χ2n) is 4.47. The second-order valence-corrected chi connectivity index (χ2v) is 5.71. The SMILES string of the molecule is C=C(C)C(=O)C(O)CCCOP(=O)(O)O.CN(C)C. The zero-order valence-electron chi connectivity index (χ0n) is 11.9. The van der Waals surface area contributed by atoms with E-state index in [1.165, 1.54) is 6.92 Å². The van der Waals surface area contributed by atoms with E-state index in [2.05, 4.69) is 11.1 Å². The van der Waals surface area contributed by atoms with E-state index in [0.717, 1.165) is 0 Å². The van der Waals surface area contributed by atoms with E-state index < -0.39 is 19.7 Å². The summed E-state index contributed by atoms with van der Waals surface area (Å²) in [5, 5.41) is 9.26. The standard InChI is InChI=1S/C8H15O6P.C3H9N/c1-6(2)8(10)7(9)4-3-5-14-15(11,12)13;1-4(2)3/h7,9H,1,3-5H2,2H3,(H2,11,12,13);1-3H3. The molecule has 0 amide bonds. The molecule has 0 rings (SSSR count). The number of phosphoric ester groups is 1. The fourth-order valence-corrected chi connectivity index (χ4v) is 1.24. The minimum Gasteiger partial charge on any atom is -0.385 e. The van der Waals surface area contributed by atoms with Crippen molar-refractivity contribution in [2.24, 2.45) is 0 Å². The lowest BCUT2D eigenvalue weighted by Gasteiger charge is -2.09. The first kappa shape index (κ1) is 20.8. The molecule has 8 heteroatoms. The lowest BCUT2D eigenvalue weighted by Crippen LogP contribution is -2.21. The van der Waals surface area contributed by atoms with E-state index in [-0.39, 0.29) is 25.0 Å². The minimum absolute atomic E-state index is 0.0890. The lowest BCUT2D eigenvalue weighted by atomic mass is 10.1. The largest absolute Gasteiger partial charge is 0.469 e. The van der Waals surface area contributed by atoms with Gasteiger partial charge in [-0.05, 0) is 46.5 Å². The number of hydrogen-bond acceptors (Lipinski definition) is 5. The summed E-state index contributed by atoms with van der Waals surface area (Å²) in [6, 6.07) is 0. The quantitative estimate of drug-likeness (QED) is 0.358. The number of Topliss-reactive ketones (excluding diaryl/α,β-unsaturated/α-hetero) is 1. The highest BCUT2D eigenvalue weighted by Gasteiger charge is 2.17. The third kappa shape index (κ3) is 17.4. The maximum Gasteiger partial charge on any atom is 0.469 e. The number of nitrogens with zero attached hydrogens (tertiary/aromatic N) is 1. The highest BCUT2D eigenvalue weighted by molar-refractivity contribution is 7.46. The van der Waals surface area contributed by atoms with Gasteiger partial charge in [0, 0.05) is 0 Å². The van der Waals surface area contributed by atoms with Crippen molar-refractivity contribution >= 4 is 13.6 Å². The van der Waals surface area contributed by atoms with Gasteiger partial charge in [-0.25, -0.2) is 4.57 Å². The first-order chi connectivity index (χ1) is 8.47. The summed E-state index contributed by atoms with van der Waals surface area (Å²) < 4.78 is 14.4. The molecule has 0 saturated carbocycles. The molecule has 0 bridgehead atoms. The minimum atomic E-state index is -4.45. The smallest absolute Gasteiger partial charge is 0.385 e. The predicted molar refractivity (Wildman–Crippen MR) is 72.7 cm³/mol. The third-order valence-corrected chi connectivity index (χ3v) is 2.12. The van der Waals surface area contributed by atoms with E-state index in [1.54, 1.807) is 0 Å². The summed E-state index contributed by atoms with van der Waals surface area (Å²) >= 11 is 0. The van der Waals surface area contributed by atoms with Crippen LogP contribution in [0.5, 0.6) is 0 Å². The average Bonchev–Trinajstić information content (AvgIpc) is 2.20. The first-order valence-corrected chi connectivity index (χ1v) is 7.19. The van der Waals surface area contributed by atoms with Gasteiger partial charge in [0.25, 0.3) is 0 Å². The molecule has 0 radical (unpaired) electrons. The molecule has 114 valence electrons. The molecule has 3 N–H and O–H groups in total. The molecule has 1 atom stereocenters. The Balaban J connectivity index is 0. The third-order valence-electron chi connectivity index (χ3n) is 1.60. The number of hydrogen-bond donors (Lipinski definition) is 3. The molecule has 0 aromatic rings. The molecule has 0 aliphatic heterocycles. The Morgan fingerprint density at radius 2 is 1.79 bits per heavy atom. The summed E-state index contributed by atoms with van der Waals surface area (Å²) in [4.78, 5) is 29.7. The molecule has 19 heavy (non-hydrogen) atoms. The summed E-state index contributed by atoms with van der Waals surface area (Å²) in [7, 11) is 1.55. The Labute approximate surface area is 114 Å². The van der Waals surface area contributed by atoms with Crippen molar-refractivity contribution in [3.05, 3.63) is 12.2 Å². The topological polar surface area (TPSA) is 107 Å². The van der Waals surface area contributed by atoms with Crippen LogP contribution in [0.4, 0.5) is 0 Å². The maximum absolute atomic E-state index is 11.1. The van der Waals surface area contributed by atoms with Gasteiger partial charge >= 0.3 is 7.82 Å². The molecule has 7 nitrogen and oxygen atoms in total. The zero-order chi connectivity index (χ0) is 15.6. The number of ketones is 1. The number of aliphatic hydroxyl groups excluding tert-OH is 1. The molecule has 0 aliphatic carbocycles. The molecular formula is C11H24NO6P. The molecule has 0 aliphatic rings. The summed E-state index contributed by atoms with van der Waals surface area (Å²) in [5.74, 6) is -0.467. The van der Waals surface area contributed by atoms with E-state index in [4.69, 9.17) is 9.79 Å². The maximum atomic E-state index is 11.1. The van der Waals surface area contributed by atoms with Crippen LogP contribution < -0.4 is 0 Å². The molecule has 0 spiro atoms. The monoisotopic (exact) mass is 297 g/mol. The van der Waals surface area contributed by atoms with Crippen molar-refractivity contribution in [2.45, 2.75) is 25.9 Å². The summed E-state index contributed by atoms with van der Waals surface area (Å²) in [5.41, 5.74) is 0.249. The van der Waals surface area contributed by atoms with Gasteiger partial charge in [-0.3, -0.25) is 9.32 Å². The van der Waals surface area contributed by atoms with E-state index >= 15 is 0 Å². The van der Waals surface area contributed by atoms with E-state index in [0.29, 0.717) is 0 Å². The summed E-state index contributed by atoms with van der Waals surface area (Å²) in [6.45, 7) is 4.66. The number of carbonyl (C=O) groups excluding carboxylic acids is 1. The van der Waals surface area contributed by atoms with E-state index in [1.807, 2.05) is 26.0 Å². The highest BCUT2D eigenvalue weighted by atomic mass is 31.2. The van der Waals surface area contributed by atoms with Crippen LogP contribution in [0.1, 0.15) is 19.8 Å². The second kappa shape index (κ2) is 10.3. The zero-order valence-corrected chi connectivity index (χ0v) is 12.8. The molecular weight excluding hydrogens is 273 g/mol. The van der Waals surface area contributed by atoms with Crippen LogP contribution in [0, 0.1) is 0 Å². The summed E-state index contributed by atoms with van der Waals surface area (Å²) in [6.07, 6.45) is -0.903. The molecule has 0 aromatic heterocycles. The van der Waals surface area contributed by atoms with Gasteiger partial charge in [-0.2, -0.15) is 0 Å². The first-order valence-electron chi connectivity index (χ1n) is 5.66. The van der Waals surface area contributed by atoms with Crippen LogP contribution >= 0.6 is 7.82 Å². The van der Waals surface area contributed by atoms with Crippen LogP contribution in [-0.4, -0.2) is 59.4 Å². The van der Waals surface area contributed by atoms with Crippen molar-refractivity contribution < 1.29 is 28.8 Å². The van der Waals surface area contributed by atoms with Crippen LogP contribution in [0.2, 0.25) is 0 Å². The number of carbonyl (C=O) groups is 1. The molecule has 0 fully saturated rings. The Morgan fingerprint density at radius 3 is 2.11 bits per heavy atom. The number of rotatable bonds is 7. The normalized spacial score (nSPS) is 12.6. The van der Waals surface area contributed by atoms with Crippen LogP contribution in [-0.2, 0) is 13.9 Å². The molecule has 0 saturated heterocycles. The van der Waals surface area contributed by atoms with Gasteiger partial charge in [-0.1, -0.05) is 6.58 Å². The van der Waals surface area contributed by atoms with Gasteiger partial charge in [0.05, 0.1) is 6.61 Å².